The van der Waals surface area contributed by atoms with Crippen molar-refractivity contribution in [1.29, 1.82) is 0 Å². The van der Waals surface area contributed by atoms with Crippen molar-refractivity contribution < 1.29 is 0 Å². The predicted molar refractivity (Wildman–Crippen MR) is 83.9 cm³/mol. The Bertz CT molecular complexity index is 736. The topological polar surface area (TPSA) is 41.0 Å². The standard InChI is InChI=1S/C17H17N3/c1-12(2)14-5-3-13(4-6-14)10-18-16-8-7-15-11-19-20-17(15)9-16/h3-12H,1-2H3,(H,19,20). The van der Waals surface area contributed by atoms with Gasteiger partial charge in [-0.1, -0.05) is 38.1 Å². The van der Waals surface area contributed by atoms with Crippen LogP contribution in [0.25, 0.3) is 10.9 Å². The molecule has 1 N–H and O–H groups in total. The molecule has 100 valence electrons. The fourth-order valence-electron chi connectivity index (χ4n) is 2.12. The molecule has 0 atom stereocenters. The molecule has 0 aliphatic carbocycles. The number of rotatable bonds is 3. The summed E-state index contributed by atoms with van der Waals surface area (Å²) in [7, 11) is 0. The van der Waals surface area contributed by atoms with E-state index in [4.69, 9.17) is 0 Å². The Kier molecular flexibility index (Phi) is 3.33. The summed E-state index contributed by atoms with van der Waals surface area (Å²) >= 11 is 0. The van der Waals surface area contributed by atoms with E-state index in [1.165, 1.54) is 5.56 Å². The molecule has 0 bridgehead atoms. The number of nitrogens with zero attached hydrogens (tertiary/aromatic N) is 2. The van der Waals surface area contributed by atoms with Gasteiger partial charge in [0.1, 0.15) is 0 Å². The Morgan fingerprint density at radius 3 is 2.65 bits per heavy atom. The molecule has 0 amide bonds. The monoisotopic (exact) mass is 263 g/mol. The van der Waals surface area contributed by atoms with Crippen molar-refractivity contribution in [2.75, 3.05) is 0 Å². The van der Waals surface area contributed by atoms with Crippen molar-refractivity contribution in [2.45, 2.75) is 19.8 Å². The third-order valence-corrected chi connectivity index (χ3v) is 3.39. The van der Waals surface area contributed by atoms with Crippen molar-refractivity contribution in [3.63, 3.8) is 0 Å². The second-order valence-electron chi connectivity index (χ2n) is 5.22. The lowest BCUT2D eigenvalue weighted by molar-refractivity contribution is 0.866. The quantitative estimate of drug-likeness (QED) is 0.697. The Morgan fingerprint density at radius 2 is 1.90 bits per heavy atom. The van der Waals surface area contributed by atoms with Gasteiger partial charge in [0.15, 0.2) is 0 Å². The van der Waals surface area contributed by atoms with E-state index in [1.807, 2.05) is 30.6 Å². The van der Waals surface area contributed by atoms with Crippen molar-refractivity contribution in [1.82, 2.24) is 10.2 Å². The number of aromatic amines is 1. The SMILES string of the molecule is CC(C)c1ccc(C=Nc2ccc3cn[nH]c3c2)cc1. The fraction of sp³-hybridized carbons (Fsp3) is 0.176. The van der Waals surface area contributed by atoms with Crippen LogP contribution in [-0.2, 0) is 0 Å². The first kappa shape index (κ1) is 12.6. The third-order valence-electron chi connectivity index (χ3n) is 3.39. The zero-order valence-electron chi connectivity index (χ0n) is 11.7. The summed E-state index contributed by atoms with van der Waals surface area (Å²) in [5, 5.41) is 8.07. The van der Waals surface area contributed by atoms with Crippen LogP contribution < -0.4 is 0 Å². The fourth-order valence-corrected chi connectivity index (χ4v) is 2.12. The van der Waals surface area contributed by atoms with E-state index < -0.39 is 0 Å². The number of hydrogen-bond donors (Lipinski definition) is 1. The number of fused-ring (bicyclic) bond motifs is 1. The first-order valence-electron chi connectivity index (χ1n) is 6.79. The van der Waals surface area contributed by atoms with Crippen molar-refractivity contribution in [3.05, 3.63) is 59.8 Å². The number of aliphatic imine (C=N–C) groups is 1. The molecule has 0 radical (unpaired) electrons. The Labute approximate surface area is 118 Å². The van der Waals surface area contributed by atoms with Crippen LogP contribution in [0.1, 0.15) is 30.9 Å². The Balaban J connectivity index is 1.82. The molecule has 1 aromatic heterocycles. The van der Waals surface area contributed by atoms with Crippen LogP contribution in [0.5, 0.6) is 0 Å². The van der Waals surface area contributed by atoms with Gasteiger partial charge in [0.2, 0.25) is 0 Å². The smallest absolute Gasteiger partial charge is 0.0671 e. The number of nitrogens with one attached hydrogen (secondary N) is 1. The van der Waals surface area contributed by atoms with E-state index in [2.05, 4.69) is 53.3 Å². The van der Waals surface area contributed by atoms with E-state index >= 15 is 0 Å². The summed E-state index contributed by atoms with van der Waals surface area (Å²) in [4.78, 5) is 4.51. The van der Waals surface area contributed by atoms with Crippen molar-refractivity contribution in [2.24, 2.45) is 4.99 Å². The maximum atomic E-state index is 4.51. The third kappa shape index (κ3) is 2.62. The van der Waals surface area contributed by atoms with E-state index in [0.717, 1.165) is 22.2 Å². The molecular formula is C17H17N3. The van der Waals surface area contributed by atoms with Gasteiger partial charge >= 0.3 is 0 Å². The number of H-pyrrole nitrogens is 1. The molecule has 2 aromatic carbocycles. The summed E-state index contributed by atoms with van der Waals surface area (Å²) in [6.07, 6.45) is 3.70. The van der Waals surface area contributed by atoms with Crippen LogP contribution in [0.4, 0.5) is 5.69 Å². The molecule has 3 rings (SSSR count). The van der Waals surface area contributed by atoms with Gasteiger partial charge in [-0.15, -0.1) is 0 Å². The summed E-state index contributed by atoms with van der Waals surface area (Å²) in [6.45, 7) is 4.39. The highest BCUT2D eigenvalue weighted by Crippen LogP contribution is 2.19. The van der Waals surface area contributed by atoms with Crippen LogP contribution in [0.15, 0.2) is 53.7 Å². The molecule has 1 heterocycles. The molecule has 3 heteroatoms. The maximum absolute atomic E-state index is 4.51. The van der Waals surface area contributed by atoms with Crippen LogP contribution in [-0.4, -0.2) is 16.4 Å². The molecule has 0 fully saturated rings. The normalized spacial score (nSPS) is 11.8. The van der Waals surface area contributed by atoms with Gasteiger partial charge in [0, 0.05) is 11.6 Å². The molecule has 3 aromatic rings. The van der Waals surface area contributed by atoms with Gasteiger partial charge in [-0.25, -0.2) is 0 Å². The van der Waals surface area contributed by atoms with Gasteiger partial charge < -0.3 is 0 Å². The van der Waals surface area contributed by atoms with E-state index in [0.29, 0.717) is 5.92 Å². The van der Waals surface area contributed by atoms with Gasteiger partial charge in [-0.2, -0.15) is 5.10 Å². The van der Waals surface area contributed by atoms with Crippen LogP contribution in [0.2, 0.25) is 0 Å². The molecule has 3 nitrogen and oxygen atoms in total. The molecule has 20 heavy (non-hydrogen) atoms. The molecule has 0 aliphatic rings. The van der Waals surface area contributed by atoms with E-state index in [1.54, 1.807) is 0 Å². The number of aromatic nitrogens is 2. The molecule has 0 unspecified atom stereocenters. The van der Waals surface area contributed by atoms with Gasteiger partial charge in [-0.3, -0.25) is 10.1 Å². The van der Waals surface area contributed by atoms with E-state index in [9.17, 15) is 0 Å². The number of hydrogen-bond acceptors (Lipinski definition) is 2. The molecule has 0 saturated carbocycles. The Hall–Kier alpha value is -2.42. The lowest BCUT2D eigenvalue weighted by Gasteiger charge is -2.04. The van der Waals surface area contributed by atoms with Crippen LogP contribution in [0, 0.1) is 0 Å². The minimum Gasteiger partial charge on any atom is -0.278 e. The highest BCUT2D eigenvalue weighted by Gasteiger charge is 1.98. The molecular weight excluding hydrogens is 246 g/mol. The molecule has 0 spiro atoms. The highest BCUT2D eigenvalue weighted by atomic mass is 15.1. The number of benzene rings is 2. The predicted octanol–water partition coefficient (Wildman–Crippen LogP) is 4.44. The first-order valence-corrected chi connectivity index (χ1v) is 6.79. The Morgan fingerprint density at radius 1 is 1.10 bits per heavy atom. The average molecular weight is 263 g/mol. The van der Waals surface area contributed by atoms with Crippen molar-refractivity contribution >= 4 is 22.8 Å². The molecule has 0 saturated heterocycles. The van der Waals surface area contributed by atoms with E-state index in [-0.39, 0.29) is 0 Å². The maximum Gasteiger partial charge on any atom is 0.0671 e. The largest absolute Gasteiger partial charge is 0.278 e. The average Bonchev–Trinajstić information content (AvgIpc) is 2.93. The van der Waals surface area contributed by atoms with Gasteiger partial charge in [0.25, 0.3) is 0 Å². The second-order valence-corrected chi connectivity index (χ2v) is 5.22. The highest BCUT2D eigenvalue weighted by molar-refractivity contribution is 5.85. The second kappa shape index (κ2) is 5.29. The first-order chi connectivity index (χ1) is 9.72. The summed E-state index contributed by atoms with van der Waals surface area (Å²) in [6, 6.07) is 14.5. The van der Waals surface area contributed by atoms with Crippen LogP contribution in [0.3, 0.4) is 0 Å². The van der Waals surface area contributed by atoms with Crippen LogP contribution >= 0.6 is 0 Å². The minimum absolute atomic E-state index is 0.559. The zero-order valence-corrected chi connectivity index (χ0v) is 11.7. The zero-order chi connectivity index (χ0) is 13.9. The van der Waals surface area contributed by atoms with Crippen molar-refractivity contribution in [3.8, 4) is 0 Å². The molecule has 0 aliphatic heterocycles. The lowest BCUT2D eigenvalue weighted by Crippen LogP contribution is -1.87. The minimum atomic E-state index is 0.559. The lowest BCUT2D eigenvalue weighted by atomic mass is 10.0. The van der Waals surface area contributed by atoms with Gasteiger partial charge in [-0.05, 0) is 35.2 Å². The van der Waals surface area contributed by atoms with Gasteiger partial charge in [0.05, 0.1) is 17.4 Å². The summed E-state index contributed by atoms with van der Waals surface area (Å²) in [5.41, 5.74) is 4.39. The summed E-state index contributed by atoms with van der Waals surface area (Å²) < 4.78 is 0. The summed E-state index contributed by atoms with van der Waals surface area (Å²) in [5.74, 6) is 0.559.